The van der Waals surface area contributed by atoms with Crippen molar-refractivity contribution in [3.8, 4) is 0 Å². The van der Waals surface area contributed by atoms with E-state index in [0.717, 1.165) is 5.56 Å². The predicted molar refractivity (Wildman–Crippen MR) is 98.0 cm³/mol. The van der Waals surface area contributed by atoms with Gasteiger partial charge in [0.15, 0.2) is 0 Å². The fourth-order valence-electron chi connectivity index (χ4n) is 3.42. The molecule has 0 spiro atoms. The summed E-state index contributed by atoms with van der Waals surface area (Å²) in [7, 11) is 0. The molecule has 0 bridgehead atoms. The van der Waals surface area contributed by atoms with Crippen molar-refractivity contribution in [2.75, 3.05) is 6.61 Å². The lowest BCUT2D eigenvalue weighted by Crippen LogP contribution is -2.53. The Bertz CT molecular complexity index is 574. The maximum Gasteiger partial charge on any atom is 0.223 e. The molecule has 1 saturated heterocycles. The van der Waals surface area contributed by atoms with Crippen LogP contribution in [0, 0.1) is 0 Å². The number of rotatable bonds is 6. The molecule has 1 heterocycles. The monoisotopic (exact) mass is 346 g/mol. The van der Waals surface area contributed by atoms with E-state index in [0.29, 0.717) is 25.9 Å². The van der Waals surface area contributed by atoms with Crippen molar-refractivity contribution in [3.63, 3.8) is 0 Å². The van der Waals surface area contributed by atoms with Crippen molar-refractivity contribution in [2.45, 2.75) is 71.2 Å². The molecule has 1 aromatic rings. The summed E-state index contributed by atoms with van der Waals surface area (Å²) in [6.07, 6.45) is 1.25. The Morgan fingerprint density at radius 1 is 1.20 bits per heavy atom. The van der Waals surface area contributed by atoms with E-state index >= 15 is 0 Å². The number of hydrogen-bond acceptors (Lipinski definition) is 3. The van der Waals surface area contributed by atoms with Gasteiger partial charge < -0.3 is 15.0 Å². The van der Waals surface area contributed by atoms with Crippen LogP contribution in [0.2, 0.25) is 0 Å². The van der Waals surface area contributed by atoms with Crippen LogP contribution in [0.25, 0.3) is 0 Å². The van der Waals surface area contributed by atoms with Gasteiger partial charge in [-0.1, -0.05) is 30.3 Å². The molecule has 2 amide bonds. The predicted octanol–water partition coefficient (Wildman–Crippen LogP) is 3.06. The zero-order chi connectivity index (χ0) is 18.4. The summed E-state index contributed by atoms with van der Waals surface area (Å²) in [4.78, 5) is 26.4. The van der Waals surface area contributed by atoms with Crippen LogP contribution < -0.4 is 5.32 Å². The largest absolute Gasteiger partial charge is 0.369 e. The van der Waals surface area contributed by atoms with E-state index in [1.165, 1.54) is 0 Å². The first kappa shape index (κ1) is 19.4. The normalized spacial score (nSPS) is 23.6. The molecule has 138 valence electrons. The van der Waals surface area contributed by atoms with Gasteiger partial charge in [0.25, 0.3) is 0 Å². The van der Waals surface area contributed by atoms with Crippen LogP contribution >= 0.6 is 0 Å². The highest BCUT2D eigenvalue weighted by Crippen LogP contribution is 2.31. The summed E-state index contributed by atoms with van der Waals surface area (Å²) in [5.74, 6) is 0.106. The minimum absolute atomic E-state index is 0.00744. The smallest absolute Gasteiger partial charge is 0.223 e. The lowest BCUT2D eigenvalue weighted by atomic mass is 9.98. The fraction of sp³-hybridized carbons (Fsp3) is 0.600. The Balaban J connectivity index is 1.94. The molecule has 1 aliphatic rings. The first-order valence-corrected chi connectivity index (χ1v) is 9.17. The van der Waals surface area contributed by atoms with Gasteiger partial charge in [0.05, 0.1) is 18.7 Å². The first-order valence-electron chi connectivity index (χ1n) is 9.17. The van der Waals surface area contributed by atoms with Crippen LogP contribution in [0.15, 0.2) is 30.3 Å². The van der Waals surface area contributed by atoms with Crippen molar-refractivity contribution >= 4 is 11.8 Å². The van der Waals surface area contributed by atoms with Crippen molar-refractivity contribution in [2.24, 2.45) is 0 Å². The third-order valence-electron chi connectivity index (χ3n) is 4.53. The van der Waals surface area contributed by atoms with Gasteiger partial charge >= 0.3 is 0 Å². The zero-order valence-electron chi connectivity index (χ0n) is 15.7. The van der Waals surface area contributed by atoms with Crippen LogP contribution in [0.3, 0.4) is 0 Å². The maximum atomic E-state index is 12.7. The number of nitrogens with one attached hydrogen (secondary N) is 1. The Morgan fingerprint density at radius 2 is 1.88 bits per heavy atom. The van der Waals surface area contributed by atoms with Crippen LogP contribution in [-0.4, -0.2) is 41.4 Å². The second-order valence-electron chi connectivity index (χ2n) is 7.13. The molecule has 3 atom stereocenters. The van der Waals surface area contributed by atoms with Crippen molar-refractivity contribution in [3.05, 3.63) is 35.9 Å². The second-order valence-corrected chi connectivity index (χ2v) is 7.13. The summed E-state index contributed by atoms with van der Waals surface area (Å²) < 4.78 is 6.00. The molecular formula is C20H30N2O3. The summed E-state index contributed by atoms with van der Waals surface area (Å²) in [5.41, 5.74) is 1.09. The third-order valence-corrected chi connectivity index (χ3v) is 4.53. The summed E-state index contributed by atoms with van der Waals surface area (Å²) in [6, 6.07) is 10.2. The highest BCUT2D eigenvalue weighted by molar-refractivity contribution is 5.79. The van der Waals surface area contributed by atoms with Crippen LogP contribution in [-0.2, 0) is 14.3 Å². The Kier molecular flexibility index (Phi) is 7.00. The molecule has 0 unspecified atom stereocenters. The minimum atomic E-state index is -0.106. The Labute approximate surface area is 150 Å². The zero-order valence-corrected chi connectivity index (χ0v) is 15.7. The first-order chi connectivity index (χ1) is 11.9. The highest BCUT2D eigenvalue weighted by atomic mass is 16.5. The molecule has 1 N–H and O–H groups in total. The lowest BCUT2D eigenvalue weighted by Gasteiger charge is -2.44. The number of benzene rings is 1. The average Bonchev–Trinajstić information content (AvgIpc) is 2.55. The van der Waals surface area contributed by atoms with E-state index < -0.39 is 0 Å². The molecular weight excluding hydrogens is 316 g/mol. The van der Waals surface area contributed by atoms with Crippen LogP contribution in [0.5, 0.6) is 0 Å². The van der Waals surface area contributed by atoms with Gasteiger partial charge in [-0.05, 0) is 39.7 Å². The third kappa shape index (κ3) is 5.30. The molecule has 5 nitrogen and oxygen atoms in total. The number of carbonyl (C=O) groups is 2. The van der Waals surface area contributed by atoms with Gasteiger partial charge in [-0.15, -0.1) is 0 Å². The molecule has 0 saturated carbocycles. The van der Waals surface area contributed by atoms with Crippen molar-refractivity contribution in [1.29, 1.82) is 0 Å². The summed E-state index contributed by atoms with van der Waals surface area (Å²) in [5, 5.41) is 2.86. The number of morpholine rings is 1. The van der Waals surface area contributed by atoms with Gasteiger partial charge in [-0.3, -0.25) is 9.59 Å². The Hall–Kier alpha value is -1.88. The van der Waals surface area contributed by atoms with Gasteiger partial charge in [0, 0.05) is 18.9 Å². The van der Waals surface area contributed by atoms with Gasteiger partial charge in [0.2, 0.25) is 11.8 Å². The number of nitrogens with zero attached hydrogens (tertiary/aromatic N) is 1. The molecule has 5 heteroatoms. The maximum absolute atomic E-state index is 12.7. The van der Waals surface area contributed by atoms with Gasteiger partial charge in [-0.2, -0.15) is 0 Å². The summed E-state index contributed by atoms with van der Waals surface area (Å²) in [6.45, 7) is 8.45. The van der Waals surface area contributed by atoms with E-state index in [4.69, 9.17) is 4.74 Å². The summed E-state index contributed by atoms with van der Waals surface area (Å²) >= 11 is 0. The molecule has 1 aromatic carbocycles. The molecule has 1 fully saturated rings. The number of amides is 2. The van der Waals surface area contributed by atoms with E-state index in [-0.39, 0.29) is 36.0 Å². The molecule has 1 aliphatic heterocycles. The van der Waals surface area contributed by atoms with E-state index in [2.05, 4.69) is 5.32 Å². The quantitative estimate of drug-likeness (QED) is 0.861. The topological polar surface area (TPSA) is 58.6 Å². The van der Waals surface area contributed by atoms with Crippen LogP contribution in [0.1, 0.15) is 58.6 Å². The second kappa shape index (κ2) is 8.99. The fourth-order valence-corrected chi connectivity index (χ4v) is 3.42. The van der Waals surface area contributed by atoms with E-state index in [1.54, 1.807) is 0 Å². The number of ether oxygens (including phenoxy) is 1. The average molecular weight is 346 g/mol. The molecule has 0 aliphatic carbocycles. The van der Waals surface area contributed by atoms with Gasteiger partial charge in [-0.25, -0.2) is 0 Å². The molecule has 2 rings (SSSR count). The van der Waals surface area contributed by atoms with Crippen molar-refractivity contribution < 1.29 is 14.3 Å². The Morgan fingerprint density at radius 3 is 2.52 bits per heavy atom. The SMILES string of the molecule is CC(C)NC(=O)CCCC(=O)N1[C@H](C)CO[C@H](c2ccccc2)[C@@H]1C. The number of hydrogen-bond donors (Lipinski definition) is 1. The van der Waals surface area contributed by atoms with E-state index in [9.17, 15) is 9.59 Å². The number of carbonyl (C=O) groups excluding carboxylic acids is 2. The molecule has 25 heavy (non-hydrogen) atoms. The molecule has 0 radical (unpaired) electrons. The van der Waals surface area contributed by atoms with Gasteiger partial charge in [0.1, 0.15) is 6.10 Å². The van der Waals surface area contributed by atoms with Crippen LogP contribution in [0.4, 0.5) is 0 Å². The highest BCUT2D eigenvalue weighted by Gasteiger charge is 2.36. The molecule has 0 aromatic heterocycles. The minimum Gasteiger partial charge on any atom is -0.369 e. The standard InChI is InChI=1S/C20H30N2O3/c1-14(2)21-18(23)11-8-12-19(24)22-15(3)13-25-20(16(22)4)17-9-6-5-7-10-17/h5-7,9-10,14-16,20H,8,11-13H2,1-4H3,(H,21,23)/t15-,16+,20+/m1/s1. The van der Waals surface area contributed by atoms with E-state index in [1.807, 2.05) is 62.9 Å². The van der Waals surface area contributed by atoms with Crippen molar-refractivity contribution in [1.82, 2.24) is 10.2 Å². The lowest BCUT2D eigenvalue weighted by molar-refractivity contribution is -0.153.